The molecule has 0 aliphatic rings. The highest BCUT2D eigenvalue weighted by Crippen LogP contribution is 2.10. The molecule has 0 fully saturated rings. The Kier molecular flexibility index (Phi) is 4.95. The molecule has 0 unspecified atom stereocenters. The van der Waals surface area contributed by atoms with Crippen LogP contribution in [0.5, 0.6) is 0 Å². The second-order valence-electron chi connectivity index (χ2n) is 5.04. The van der Waals surface area contributed by atoms with Crippen molar-refractivity contribution in [3.8, 4) is 0 Å². The van der Waals surface area contributed by atoms with E-state index in [0.29, 0.717) is 12.2 Å². The number of nitrogens with one attached hydrogen (secondary N) is 3. The van der Waals surface area contributed by atoms with Gasteiger partial charge >= 0.3 is 0 Å². The number of aromatic amines is 1. The summed E-state index contributed by atoms with van der Waals surface area (Å²) in [6.07, 6.45) is 1.95. The minimum absolute atomic E-state index is 0.0736. The Morgan fingerprint density at radius 3 is 2.56 bits per heavy atom. The maximum atomic E-state index is 11.6. The smallest absolute Gasteiger partial charge is 0.267 e. The molecule has 0 radical (unpaired) electrons. The molecule has 100 valence electrons. The third kappa shape index (κ3) is 5.35. The van der Waals surface area contributed by atoms with E-state index in [4.69, 9.17) is 0 Å². The van der Waals surface area contributed by atoms with Gasteiger partial charge in [-0.1, -0.05) is 0 Å². The average molecular weight is 316 g/mol. The van der Waals surface area contributed by atoms with Gasteiger partial charge in [-0.15, -0.1) is 0 Å². The molecule has 1 heterocycles. The molecular weight excluding hydrogens is 298 g/mol. The Morgan fingerprint density at radius 2 is 2.06 bits per heavy atom. The summed E-state index contributed by atoms with van der Waals surface area (Å²) in [6.45, 7) is 6.07. The predicted molar refractivity (Wildman–Crippen MR) is 73.3 cm³/mol. The summed E-state index contributed by atoms with van der Waals surface area (Å²) in [5.74, 6) is -0.292. The van der Waals surface area contributed by atoms with E-state index in [0.717, 1.165) is 4.47 Å². The zero-order valence-electron chi connectivity index (χ0n) is 10.8. The monoisotopic (exact) mass is 315 g/mol. The normalized spacial score (nSPS) is 11.1. The van der Waals surface area contributed by atoms with Crippen LogP contribution >= 0.6 is 15.9 Å². The number of hydrogen-bond acceptors (Lipinski definition) is 2. The molecule has 18 heavy (non-hydrogen) atoms. The van der Waals surface area contributed by atoms with Gasteiger partial charge in [0.05, 0.1) is 0 Å². The first kappa shape index (κ1) is 14.8. The minimum Gasteiger partial charge on any atom is -0.356 e. The number of carbonyl (C=O) groups excluding carboxylic acids is 2. The Bertz CT molecular complexity index is 435. The van der Waals surface area contributed by atoms with Crippen LogP contribution in [0.15, 0.2) is 16.7 Å². The molecule has 0 saturated heterocycles. The summed E-state index contributed by atoms with van der Waals surface area (Å²) < 4.78 is 0.818. The number of aromatic nitrogens is 1. The van der Waals surface area contributed by atoms with Gasteiger partial charge in [0.1, 0.15) is 5.69 Å². The third-order valence-electron chi connectivity index (χ3n) is 2.04. The van der Waals surface area contributed by atoms with Crippen LogP contribution in [-0.4, -0.2) is 28.9 Å². The van der Waals surface area contributed by atoms with Crippen molar-refractivity contribution in [1.82, 2.24) is 15.6 Å². The Hall–Kier alpha value is -1.30. The van der Waals surface area contributed by atoms with Gasteiger partial charge in [0.15, 0.2) is 0 Å². The molecule has 0 spiro atoms. The molecule has 0 atom stereocenters. The second-order valence-corrected chi connectivity index (χ2v) is 5.95. The van der Waals surface area contributed by atoms with E-state index in [2.05, 4.69) is 31.5 Å². The Morgan fingerprint density at radius 1 is 1.39 bits per heavy atom. The SMILES string of the molecule is CC(C)(C)NC(=O)CCNC(=O)c1cc(Br)c[nH]1. The molecule has 0 aromatic carbocycles. The third-order valence-corrected chi connectivity index (χ3v) is 2.50. The van der Waals surface area contributed by atoms with Crippen molar-refractivity contribution in [2.75, 3.05) is 6.54 Å². The first-order valence-electron chi connectivity index (χ1n) is 5.71. The Labute approximate surface area is 115 Å². The van der Waals surface area contributed by atoms with Crippen molar-refractivity contribution >= 4 is 27.7 Å². The molecule has 0 bridgehead atoms. The van der Waals surface area contributed by atoms with Crippen LogP contribution in [0.4, 0.5) is 0 Å². The first-order chi connectivity index (χ1) is 8.28. The van der Waals surface area contributed by atoms with E-state index in [-0.39, 0.29) is 23.8 Å². The van der Waals surface area contributed by atoms with Gasteiger partial charge < -0.3 is 15.6 Å². The molecule has 2 amide bonds. The molecule has 0 saturated carbocycles. The zero-order chi connectivity index (χ0) is 13.8. The summed E-state index contributed by atoms with van der Waals surface area (Å²) in [6, 6.07) is 1.69. The number of H-pyrrole nitrogens is 1. The maximum absolute atomic E-state index is 11.6. The van der Waals surface area contributed by atoms with E-state index in [1.165, 1.54) is 0 Å². The lowest BCUT2D eigenvalue weighted by molar-refractivity contribution is -0.122. The zero-order valence-corrected chi connectivity index (χ0v) is 12.3. The molecule has 1 aromatic rings. The van der Waals surface area contributed by atoms with Crippen molar-refractivity contribution in [3.05, 3.63) is 22.4 Å². The fourth-order valence-electron chi connectivity index (χ4n) is 1.36. The van der Waals surface area contributed by atoms with E-state index in [9.17, 15) is 9.59 Å². The maximum Gasteiger partial charge on any atom is 0.267 e. The Balaban J connectivity index is 2.30. The number of hydrogen-bond donors (Lipinski definition) is 3. The second kappa shape index (κ2) is 6.04. The number of amides is 2. The van der Waals surface area contributed by atoms with Crippen LogP contribution in [0.2, 0.25) is 0 Å². The van der Waals surface area contributed by atoms with Crippen LogP contribution in [0, 0.1) is 0 Å². The highest BCUT2D eigenvalue weighted by atomic mass is 79.9. The summed E-state index contributed by atoms with van der Waals surface area (Å²) in [4.78, 5) is 26.0. The van der Waals surface area contributed by atoms with Gasteiger partial charge in [0.2, 0.25) is 5.91 Å². The quantitative estimate of drug-likeness (QED) is 0.792. The summed E-state index contributed by atoms with van der Waals surface area (Å²) in [5.41, 5.74) is 0.226. The molecule has 5 nitrogen and oxygen atoms in total. The lowest BCUT2D eigenvalue weighted by Gasteiger charge is -2.20. The summed E-state index contributed by atoms with van der Waals surface area (Å²) >= 11 is 3.25. The van der Waals surface area contributed by atoms with Crippen molar-refractivity contribution in [2.45, 2.75) is 32.7 Å². The molecule has 1 rings (SSSR count). The largest absolute Gasteiger partial charge is 0.356 e. The standard InChI is InChI=1S/C12H18BrN3O2/c1-12(2,3)16-10(17)4-5-14-11(18)9-6-8(13)7-15-9/h6-7,15H,4-5H2,1-3H3,(H,14,18)(H,16,17). The van der Waals surface area contributed by atoms with Crippen LogP contribution < -0.4 is 10.6 Å². The highest BCUT2D eigenvalue weighted by molar-refractivity contribution is 9.10. The average Bonchev–Trinajstić information content (AvgIpc) is 2.62. The van der Waals surface area contributed by atoms with Crippen molar-refractivity contribution < 1.29 is 9.59 Å². The molecule has 1 aromatic heterocycles. The lowest BCUT2D eigenvalue weighted by atomic mass is 10.1. The van der Waals surface area contributed by atoms with Gasteiger partial charge in [-0.25, -0.2) is 0 Å². The number of halogens is 1. The highest BCUT2D eigenvalue weighted by Gasteiger charge is 2.14. The van der Waals surface area contributed by atoms with Gasteiger partial charge in [0, 0.05) is 29.2 Å². The van der Waals surface area contributed by atoms with Gasteiger partial charge in [0.25, 0.3) is 5.91 Å². The van der Waals surface area contributed by atoms with E-state index < -0.39 is 0 Å². The van der Waals surface area contributed by atoms with E-state index in [1.54, 1.807) is 12.3 Å². The van der Waals surface area contributed by atoms with E-state index >= 15 is 0 Å². The van der Waals surface area contributed by atoms with Crippen LogP contribution in [0.25, 0.3) is 0 Å². The fourth-order valence-corrected chi connectivity index (χ4v) is 1.71. The summed E-state index contributed by atoms with van der Waals surface area (Å²) in [5, 5.41) is 5.51. The fraction of sp³-hybridized carbons (Fsp3) is 0.500. The molecular formula is C12H18BrN3O2. The molecule has 6 heteroatoms. The van der Waals surface area contributed by atoms with E-state index in [1.807, 2.05) is 20.8 Å². The van der Waals surface area contributed by atoms with Crippen LogP contribution in [0.3, 0.4) is 0 Å². The topological polar surface area (TPSA) is 74.0 Å². The molecule has 0 aliphatic heterocycles. The van der Waals surface area contributed by atoms with Crippen LogP contribution in [0.1, 0.15) is 37.7 Å². The van der Waals surface area contributed by atoms with Gasteiger partial charge in [-0.3, -0.25) is 9.59 Å². The number of carbonyl (C=O) groups is 2. The van der Waals surface area contributed by atoms with Gasteiger partial charge in [-0.05, 0) is 42.8 Å². The first-order valence-corrected chi connectivity index (χ1v) is 6.50. The minimum atomic E-state index is -0.245. The number of rotatable bonds is 4. The van der Waals surface area contributed by atoms with Gasteiger partial charge in [-0.2, -0.15) is 0 Å². The summed E-state index contributed by atoms with van der Waals surface area (Å²) in [7, 11) is 0. The lowest BCUT2D eigenvalue weighted by Crippen LogP contribution is -2.42. The predicted octanol–water partition coefficient (Wildman–Crippen LogP) is 1.81. The van der Waals surface area contributed by atoms with Crippen LogP contribution in [-0.2, 0) is 4.79 Å². The van der Waals surface area contributed by atoms with Crippen molar-refractivity contribution in [2.24, 2.45) is 0 Å². The molecule has 3 N–H and O–H groups in total. The molecule has 0 aliphatic carbocycles. The van der Waals surface area contributed by atoms with Crippen molar-refractivity contribution in [3.63, 3.8) is 0 Å². The van der Waals surface area contributed by atoms with Crippen molar-refractivity contribution in [1.29, 1.82) is 0 Å².